The molecule has 4 rings (SSSR count). The topological polar surface area (TPSA) is 26.8 Å². The summed E-state index contributed by atoms with van der Waals surface area (Å²) in [7, 11) is 0. The van der Waals surface area contributed by atoms with Gasteiger partial charge in [-0.25, -0.2) is 0 Å². The average Bonchev–Trinajstić information content (AvgIpc) is 3.28. The van der Waals surface area contributed by atoms with Crippen LogP contribution in [0.2, 0.25) is 0 Å². The summed E-state index contributed by atoms with van der Waals surface area (Å²) in [6.07, 6.45) is 13.2. The fraction of sp³-hybridized carbons (Fsp3) is 0.609. The van der Waals surface area contributed by atoms with Crippen LogP contribution in [0, 0.1) is 0 Å². The molecule has 3 aliphatic rings. The first kappa shape index (κ1) is 18.5. The molecule has 2 heterocycles. The van der Waals surface area contributed by atoms with Crippen LogP contribution in [0.4, 0.5) is 5.69 Å². The van der Waals surface area contributed by atoms with E-state index >= 15 is 0 Å². The van der Waals surface area contributed by atoms with Crippen LogP contribution in [0.15, 0.2) is 30.3 Å². The lowest BCUT2D eigenvalue weighted by atomic mass is 9.94. The second kappa shape index (κ2) is 8.92. The molecule has 1 aliphatic carbocycles. The first-order valence-electron chi connectivity index (χ1n) is 10.9. The predicted octanol–water partition coefficient (Wildman–Crippen LogP) is 3.78. The van der Waals surface area contributed by atoms with Crippen molar-refractivity contribution in [3.05, 3.63) is 35.9 Å². The molecule has 0 unspecified atom stereocenters. The summed E-state index contributed by atoms with van der Waals surface area (Å²) >= 11 is 0. The Morgan fingerprint density at radius 1 is 0.815 bits per heavy atom. The van der Waals surface area contributed by atoms with E-state index in [0.29, 0.717) is 0 Å². The van der Waals surface area contributed by atoms with Crippen LogP contribution in [0.1, 0.15) is 50.5 Å². The number of piperazine rings is 1. The van der Waals surface area contributed by atoms with Crippen LogP contribution in [0.25, 0.3) is 6.08 Å². The van der Waals surface area contributed by atoms with Crippen molar-refractivity contribution in [3.63, 3.8) is 0 Å². The van der Waals surface area contributed by atoms with Gasteiger partial charge in [0.15, 0.2) is 0 Å². The lowest BCUT2D eigenvalue weighted by Gasteiger charge is -2.40. The van der Waals surface area contributed by atoms with Crippen molar-refractivity contribution in [1.82, 2.24) is 9.80 Å². The van der Waals surface area contributed by atoms with Crippen molar-refractivity contribution in [2.24, 2.45) is 0 Å². The highest BCUT2D eigenvalue weighted by Gasteiger charge is 2.26. The number of amides is 1. The summed E-state index contributed by atoms with van der Waals surface area (Å²) in [4.78, 5) is 19.6. The Bertz CT molecular complexity index is 634. The van der Waals surface area contributed by atoms with Gasteiger partial charge in [0.25, 0.3) is 0 Å². The zero-order chi connectivity index (χ0) is 18.5. The van der Waals surface area contributed by atoms with Gasteiger partial charge in [-0.3, -0.25) is 9.69 Å². The lowest BCUT2D eigenvalue weighted by molar-refractivity contribution is -0.128. The van der Waals surface area contributed by atoms with Gasteiger partial charge in [0.1, 0.15) is 0 Å². The summed E-state index contributed by atoms with van der Waals surface area (Å²) in [5.74, 6) is 0.155. The molecule has 0 spiro atoms. The van der Waals surface area contributed by atoms with Crippen molar-refractivity contribution < 1.29 is 4.79 Å². The average molecular weight is 368 g/mol. The van der Waals surface area contributed by atoms with Gasteiger partial charge >= 0.3 is 0 Å². The minimum atomic E-state index is 0.155. The Morgan fingerprint density at radius 2 is 1.48 bits per heavy atom. The largest absolute Gasteiger partial charge is 0.372 e. The maximum Gasteiger partial charge on any atom is 0.246 e. The quantitative estimate of drug-likeness (QED) is 0.758. The van der Waals surface area contributed by atoms with Gasteiger partial charge in [-0.05, 0) is 49.5 Å². The summed E-state index contributed by atoms with van der Waals surface area (Å²) in [6.45, 7) is 6.14. The second-order valence-corrected chi connectivity index (χ2v) is 8.27. The minimum Gasteiger partial charge on any atom is -0.372 e. The maximum atomic E-state index is 12.5. The number of rotatable bonds is 4. The molecule has 1 aromatic rings. The van der Waals surface area contributed by atoms with E-state index in [0.717, 1.165) is 37.8 Å². The van der Waals surface area contributed by atoms with Crippen molar-refractivity contribution in [2.75, 3.05) is 44.2 Å². The third-order valence-electron chi connectivity index (χ3n) is 6.50. The first-order valence-corrected chi connectivity index (χ1v) is 10.9. The molecule has 4 heteroatoms. The van der Waals surface area contributed by atoms with E-state index < -0.39 is 0 Å². The van der Waals surface area contributed by atoms with Crippen molar-refractivity contribution in [2.45, 2.75) is 51.0 Å². The molecule has 0 bridgehead atoms. The monoisotopic (exact) mass is 367 g/mol. The standard InChI is InChI=1S/C23H33N3O/c27-23(26-18-16-25(17-19-26)21-6-2-1-3-7-21)13-10-20-8-11-22(12-9-20)24-14-4-5-15-24/h8-13,21H,1-7,14-19H2/b13-10+. The normalized spacial score (nSPS) is 22.7. The van der Waals surface area contributed by atoms with Crippen molar-refractivity contribution >= 4 is 17.7 Å². The highest BCUT2D eigenvalue weighted by atomic mass is 16.2. The number of hydrogen-bond donors (Lipinski definition) is 0. The molecule has 2 aliphatic heterocycles. The Labute approximate surface area is 163 Å². The molecule has 0 radical (unpaired) electrons. The Hall–Kier alpha value is -1.81. The van der Waals surface area contributed by atoms with Gasteiger partial charge in [0, 0.05) is 57.1 Å². The molecule has 0 N–H and O–H groups in total. The number of carbonyl (C=O) groups excluding carboxylic acids is 1. The second-order valence-electron chi connectivity index (χ2n) is 8.27. The fourth-order valence-electron chi connectivity index (χ4n) is 4.80. The van der Waals surface area contributed by atoms with E-state index in [1.165, 1.54) is 63.7 Å². The third kappa shape index (κ3) is 4.73. The van der Waals surface area contributed by atoms with Crippen LogP contribution in [0.5, 0.6) is 0 Å². The summed E-state index contributed by atoms with van der Waals surface area (Å²) < 4.78 is 0. The molecular weight excluding hydrogens is 334 g/mol. The zero-order valence-electron chi connectivity index (χ0n) is 16.5. The Balaban J connectivity index is 1.26. The molecule has 0 atom stereocenters. The number of carbonyl (C=O) groups is 1. The number of hydrogen-bond acceptors (Lipinski definition) is 3. The van der Waals surface area contributed by atoms with Crippen LogP contribution in [-0.4, -0.2) is 61.0 Å². The van der Waals surface area contributed by atoms with Crippen LogP contribution < -0.4 is 4.90 Å². The lowest BCUT2D eigenvalue weighted by Crippen LogP contribution is -2.52. The van der Waals surface area contributed by atoms with E-state index in [-0.39, 0.29) is 5.91 Å². The molecule has 3 fully saturated rings. The summed E-state index contributed by atoms with van der Waals surface area (Å²) in [6, 6.07) is 9.37. The van der Waals surface area contributed by atoms with Crippen molar-refractivity contribution in [1.29, 1.82) is 0 Å². The minimum absolute atomic E-state index is 0.155. The molecular formula is C23H33N3O. The number of benzene rings is 1. The summed E-state index contributed by atoms with van der Waals surface area (Å²) in [5.41, 5.74) is 2.40. The number of nitrogens with zero attached hydrogens (tertiary/aromatic N) is 3. The fourth-order valence-corrected chi connectivity index (χ4v) is 4.80. The third-order valence-corrected chi connectivity index (χ3v) is 6.50. The van der Waals surface area contributed by atoms with Gasteiger partial charge in [-0.15, -0.1) is 0 Å². The van der Waals surface area contributed by atoms with Gasteiger partial charge in [-0.1, -0.05) is 31.4 Å². The van der Waals surface area contributed by atoms with E-state index in [4.69, 9.17) is 0 Å². The summed E-state index contributed by atoms with van der Waals surface area (Å²) in [5, 5.41) is 0. The van der Waals surface area contributed by atoms with E-state index in [1.807, 2.05) is 11.0 Å². The van der Waals surface area contributed by atoms with E-state index in [9.17, 15) is 4.79 Å². The SMILES string of the molecule is O=C(/C=C/c1ccc(N2CCCC2)cc1)N1CCN(C2CCCCC2)CC1. The molecule has 2 saturated heterocycles. The van der Waals surface area contributed by atoms with E-state index in [1.54, 1.807) is 6.08 Å². The highest BCUT2D eigenvalue weighted by molar-refractivity contribution is 5.91. The van der Waals surface area contributed by atoms with Crippen LogP contribution in [-0.2, 0) is 4.79 Å². The van der Waals surface area contributed by atoms with Crippen molar-refractivity contribution in [3.8, 4) is 0 Å². The number of anilines is 1. The van der Waals surface area contributed by atoms with Gasteiger partial charge in [0.05, 0.1) is 0 Å². The first-order chi connectivity index (χ1) is 13.3. The van der Waals surface area contributed by atoms with Crippen LogP contribution >= 0.6 is 0 Å². The molecule has 1 aromatic carbocycles. The van der Waals surface area contributed by atoms with Gasteiger partial charge in [-0.2, -0.15) is 0 Å². The molecule has 146 valence electrons. The molecule has 4 nitrogen and oxygen atoms in total. The van der Waals surface area contributed by atoms with E-state index in [2.05, 4.69) is 34.1 Å². The van der Waals surface area contributed by atoms with Gasteiger partial charge < -0.3 is 9.80 Å². The molecule has 0 aromatic heterocycles. The molecule has 1 amide bonds. The van der Waals surface area contributed by atoms with Gasteiger partial charge in [0.2, 0.25) is 5.91 Å². The van der Waals surface area contributed by atoms with Crippen LogP contribution in [0.3, 0.4) is 0 Å². The highest BCUT2D eigenvalue weighted by Crippen LogP contribution is 2.24. The smallest absolute Gasteiger partial charge is 0.246 e. The molecule has 27 heavy (non-hydrogen) atoms. The Kier molecular flexibility index (Phi) is 6.13. The Morgan fingerprint density at radius 3 is 2.15 bits per heavy atom. The zero-order valence-corrected chi connectivity index (χ0v) is 16.5. The molecule has 1 saturated carbocycles. The predicted molar refractivity (Wildman–Crippen MR) is 112 cm³/mol. The maximum absolute atomic E-state index is 12.5.